The molecule has 2 saturated carbocycles. The van der Waals surface area contributed by atoms with Gasteiger partial charge < -0.3 is 9.84 Å². The highest BCUT2D eigenvalue weighted by atomic mass is 16.5. The van der Waals surface area contributed by atoms with Crippen molar-refractivity contribution in [1.29, 1.82) is 0 Å². The maximum Gasteiger partial charge on any atom is 0.160 e. The van der Waals surface area contributed by atoms with Crippen molar-refractivity contribution < 1.29 is 9.84 Å². The van der Waals surface area contributed by atoms with Crippen LogP contribution in [0.1, 0.15) is 45.1 Å². The maximum atomic E-state index is 9.73. The van der Waals surface area contributed by atoms with Crippen molar-refractivity contribution in [3.8, 4) is 11.5 Å². The molecule has 0 radical (unpaired) electrons. The Labute approximate surface area is 115 Å². The highest BCUT2D eigenvalue weighted by Gasteiger charge is 2.55. The second-order valence-electron chi connectivity index (χ2n) is 6.99. The summed E-state index contributed by atoms with van der Waals surface area (Å²) in [5.41, 5.74) is 1.76. The number of benzene rings is 1. The molecule has 0 spiro atoms. The number of methoxy groups -OCH3 is 1. The molecule has 4 atom stereocenters. The van der Waals surface area contributed by atoms with Crippen molar-refractivity contribution in [2.24, 2.45) is 23.2 Å². The SMILES string of the molecule is COc1cc(C2CC3CC2C(C)(C)C3C)ccc1O. The van der Waals surface area contributed by atoms with Crippen molar-refractivity contribution in [1.82, 2.24) is 0 Å². The second-order valence-corrected chi connectivity index (χ2v) is 6.99. The first-order valence-electron chi connectivity index (χ1n) is 7.32. The van der Waals surface area contributed by atoms with E-state index in [1.165, 1.54) is 18.4 Å². The molecule has 0 aliphatic heterocycles. The predicted octanol–water partition coefficient (Wildman–Crippen LogP) is 4.19. The van der Waals surface area contributed by atoms with Crippen LogP contribution < -0.4 is 4.74 Å². The largest absolute Gasteiger partial charge is 0.504 e. The van der Waals surface area contributed by atoms with Gasteiger partial charge in [-0.2, -0.15) is 0 Å². The van der Waals surface area contributed by atoms with Gasteiger partial charge >= 0.3 is 0 Å². The number of rotatable bonds is 2. The topological polar surface area (TPSA) is 29.5 Å². The summed E-state index contributed by atoms with van der Waals surface area (Å²) < 4.78 is 5.25. The van der Waals surface area contributed by atoms with Gasteiger partial charge in [0.25, 0.3) is 0 Å². The number of hydrogen-bond donors (Lipinski definition) is 1. The van der Waals surface area contributed by atoms with Gasteiger partial charge in [-0.15, -0.1) is 0 Å². The molecule has 104 valence electrons. The Morgan fingerprint density at radius 3 is 2.58 bits per heavy atom. The van der Waals surface area contributed by atoms with Crippen molar-refractivity contribution in [3.63, 3.8) is 0 Å². The lowest BCUT2D eigenvalue weighted by Gasteiger charge is -2.41. The van der Waals surface area contributed by atoms with E-state index in [0.29, 0.717) is 17.1 Å². The van der Waals surface area contributed by atoms with Gasteiger partial charge in [0.15, 0.2) is 11.5 Å². The van der Waals surface area contributed by atoms with Crippen LogP contribution in [-0.2, 0) is 0 Å². The molecule has 2 fully saturated rings. The monoisotopic (exact) mass is 260 g/mol. The summed E-state index contributed by atoms with van der Waals surface area (Å²) in [6.07, 6.45) is 2.66. The van der Waals surface area contributed by atoms with Crippen molar-refractivity contribution >= 4 is 0 Å². The van der Waals surface area contributed by atoms with E-state index < -0.39 is 0 Å². The molecule has 0 heterocycles. The van der Waals surface area contributed by atoms with Gasteiger partial charge in [-0.05, 0) is 59.6 Å². The zero-order valence-corrected chi connectivity index (χ0v) is 12.3. The highest BCUT2D eigenvalue weighted by Crippen LogP contribution is 2.64. The number of hydrogen-bond acceptors (Lipinski definition) is 2. The number of phenolic OH excluding ortho intramolecular Hbond substituents is 1. The fraction of sp³-hybridized carbons (Fsp3) is 0.647. The Bertz CT molecular complexity index is 492. The van der Waals surface area contributed by atoms with E-state index in [2.05, 4.69) is 26.8 Å². The van der Waals surface area contributed by atoms with E-state index in [-0.39, 0.29) is 5.75 Å². The summed E-state index contributed by atoms with van der Waals surface area (Å²) in [6.45, 7) is 7.26. The molecule has 2 heteroatoms. The Balaban J connectivity index is 1.93. The first kappa shape index (κ1) is 12.8. The summed E-state index contributed by atoms with van der Waals surface area (Å²) in [4.78, 5) is 0. The fourth-order valence-electron chi connectivity index (χ4n) is 4.55. The normalized spacial score (nSPS) is 35.6. The zero-order valence-electron chi connectivity index (χ0n) is 12.3. The first-order valence-corrected chi connectivity index (χ1v) is 7.32. The van der Waals surface area contributed by atoms with Crippen LogP contribution in [0.4, 0.5) is 0 Å². The molecule has 0 saturated heterocycles. The van der Waals surface area contributed by atoms with Crippen molar-refractivity contribution in [2.45, 2.75) is 39.5 Å². The van der Waals surface area contributed by atoms with E-state index in [9.17, 15) is 5.11 Å². The van der Waals surface area contributed by atoms with Crippen molar-refractivity contribution in [2.75, 3.05) is 7.11 Å². The van der Waals surface area contributed by atoms with Gasteiger partial charge in [0.1, 0.15) is 0 Å². The van der Waals surface area contributed by atoms with Crippen LogP contribution in [0, 0.1) is 23.2 Å². The summed E-state index contributed by atoms with van der Waals surface area (Å²) in [5.74, 6) is 3.93. The molecular weight excluding hydrogens is 236 g/mol. The van der Waals surface area contributed by atoms with Gasteiger partial charge in [0.2, 0.25) is 0 Å². The smallest absolute Gasteiger partial charge is 0.160 e. The van der Waals surface area contributed by atoms with Crippen molar-refractivity contribution in [3.05, 3.63) is 23.8 Å². The minimum Gasteiger partial charge on any atom is -0.504 e. The molecule has 2 aliphatic rings. The average Bonchev–Trinajstić information content (AvgIpc) is 2.90. The summed E-state index contributed by atoms with van der Waals surface area (Å²) >= 11 is 0. The average molecular weight is 260 g/mol. The van der Waals surface area contributed by atoms with Crippen LogP contribution in [0.3, 0.4) is 0 Å². The van der Waals surface area contributed by atoms with Crippen LogP contribution >= 0.6 is 0 Å². The van der Waals surface area contributed by atoms with Gasteiger partial charge in [-0.25, -0.2) is 0 Å². The van der Waals surface area contributed by atoms with Crippen LogP contribution in [-0.4, -0.2) is 12.2 Å². The third kappa shape index (κ3) is 1.76. The molecule has 1 aromatic rings. The molecule has 4 unspecified atom stereocenters. The molecular formula is C17H24O2. The zero-order chi connectivity index (χ0) is 13.8. The third-order valence-electron chi connectivity index (χ3n) is 6.07. The standard InChI is InChI=1S/C17H24O2/c1-10-12-7-13(14(8-12)17(10,2)3)11-5-6-15(18)16(9-11)19-4/h5-6,9-10,12-14,18H,7-8H2,1-4H3. The maximum absolute atomic E-state index is 9.73. The summed E-state index contributed by atoms with van der Waals surface area (Å²) in [6, 6.07) is 5.88. The quantitative estimate of drug-likeness (QED) is 0.864. The molecule has 2 aliphatic carbocycles. The number of aromatic hydroxyl groups is 1. The minimum absolute atomic E-state index is 0.238. The van der Waals surface area contributed by atoms with E-state index >= 15 is 0 Å². The summed E-state index contributed by atoms with van der Waals surface area (Å²) in [7, 11) is 1.62. The Hall–Kier alpha value is -1.18. The Morgan fingerprint density at radius 2 is 2.00 bits per heavy atom. The van der Waals surface area contributed by atoms with Crippen LogP contribution in [0.5, 0.6) is 11.5 Å². The van der Waals surface area contributed by atoms with Gasteiger partial charge in [0.05, 0.1) is 7.11 Å². The molecule has 1 aromatic carbocycles. The van der Waals surface area contributed by atoms with Gasteiger partial charge in [0, 0.05) is 0 Å². The summed E-state index contributed by atoms with van der Waals surface area (Å²) in [5, 5.41) is 9.73. The number of ether oxygens (including phenoxy) is 1. The first-order chi connectivity index (χ1) is 8.95. The molecule has 0 aromatic heterocycles. The number of fused-ring (bicyclic) bond motifs is 2. The third-order valence-corrected chi connectivity index (χ3v) is 6.07. The van der Waals surface area contributed by atoms with E-state index in [1.807, 2.05) is 6.07 Å². The Morgan fingerprint density at radius 1 is 1.26 bits per heavy atom. The van der Waals surface area contributed by atoms with Crippen LogP contribution in [0.25, 0.3) is 0 Å². The van der Waals surface area contributed by atoms with E-state index in [1.54, 1.807) is 13.2 Å². The van der Waals surface area contributed by atoms with Gasteiger partial charge in [-0.1, -0.05) is 26.8 Å². The molecule has 2 bridgehead atoms. The number of phenols is 1. The molecule has 2 nitrogen and oxygen atoms in total. The lowest BCUT2D eigenvalue weighted by atomic mass is 9.64. The van der Waals surface area contributed by atoms with E-state index in [0.717, 1.165) is 17.8 Å². The van der Waals surface area contributed by atoms with Crippen LogP contribution in [0.15, 0.2) is 18.2 Å². The predicted molar refractivity (Wildman–Crippen MR) is 76.6 cm³/mol. The van der Waals surface area contributed by atoms with Crippen LogP contribution in [0.2, 0.25) is 0 Å². The lowest BCUT2D eigenvalue weighted by molar-refractivity contribution is 0.118. The Kier molecular flexibility index (Phi) is 2.81. The second kappa shape index (κ2) is 4.16. The molecule has 0 amide bonds. The lowest BCUT2D eigenvalue weighted by Crippen LogP contribution is -2.32. The minimum atomic E-state index is 0.238. The molecule has 1 N–H and O–H groups in total. The molecule has 19 heavy (non-hydrogen) atoms. The fourth-order valence-corrected chi connectivity index (χ4v) is 4.55. The van der Waals surface area contributed by atoms with Gasteiger partial charge in [-0.3, -0.25) is 0 Å². The van der Waals surface area contributed by atoms with E-state index in [4.69, 9.17) is 4.74 Å². The highest BCUT2D eigenvalue weighted by molar-refractivity contribution is 5.43. The molecule has 3 rings (SSSR count).